The van der Waals surface area contributed by atoms with Gasteiger partial charge in [0, 0.05) is 36.1 Å². The molecule has 1 atom stereocenters. The SMILES string of the molecule is NCC(NC(=O)CCSc1ccc2c(c1)OCCCO2)C1CC1. The predicted molar refractivity (Wildman–Crippen MR) is 91.1 cm³/mol. The number of thioether (sulfide) groups is 1. The molecule has 1 aromatic rings. The van der Waals surface area contributed by atoms with Crippen molar-refractivity contribution in [2.24, 2.45) is 11.7 Å². The van der Waals surface area contributed by atoms with Crippen molar-refractivity contribution < 1.29 is 14.3 Å². The van der Waals surface area contributed by atoms with Crippen molar-refractivity contribution >= 4 is 17.7 Å². The van der Waals surface area contributed by atoms with E-state index < -0.39 is 0 Å². The van der Waals surface area contributed by atoms with Crippen LogP contribution in [-0.2, 0) is 4.79 Å². The maximum atomic E-state index is 12.0. The second kappa shape index (κ2) is 7.93. The maximum absolute atomic E-state index is 12.0. The average Bonchev–Trinajstić information content (AvgIpc) is 3.39. The number of fused-ring (bicyclic) bond motifs is 1. The first-order valence-electron chi connectivity index (χ1n) is 8.28. The summed E-state index contributed by atoms with van der Waals surface area (Å²) in [6, 6.07) is 6.12. The molecule has 1 unspecified atom stereocenters. The second-order valence-corrected chi connectivity index (χ2v) is 7.17. The highest BCUT2D eigenvalue weighted by Crippen LogP contribution is 2.34. The quantitative estimate of drug-likeness (QED) is 0.747. The minimum Gasteiger partial charge on any atom is -0.490 e. The van der Waals surface area contributed by atoms with Crippen molar-refractivity contribution in [1.29, 1.82) is 0 Å². The van der Waals surface area contributed by atoms with Gasteiger partial charge in [0.2, 0.25) is 5.91 Å². The Kier molecular flexibility index (Phi) is 5.67. The molecule has 1 heterocycles. The van der Waals surface area contributed by atoms with E-state index in [1.807, 2.05) is 18.2 Å². The number of benzene rings is 1. The van der Waals surface area contributed by atoms with Gasteiger partial charge < -0.3 is 20.5 Å². The number of rotatable bonds is 7. The van der Waals surface area contributed by atoms with Gasteiger partial charge in [0.1, 0.15) is 0 Å². The number of hydrogen-bond acceptors (Lipinski definition) is 5. The van der Waals surface area contributed by atoms with Gasteiger partial charge in [0.15, 0.2) is 11.5 Å². The molecule has 1 amide bonds. The van der Waals surface area contributed by atoms with Crippen LogP contribution in [0.1, 0.15) is 25.7 Å². The van der Waals surface area contributed by atoms with Crippen molar-refractivity contribution in [3.05, 3.63) is 18.2 Å². The number of nitrogens with one attached hydrogen (secondary N) is 1. The van der Waals surface area contributed by atoms with E-state index >= 15 is 0 Å². The molecular weight excluding hydrogens is 312 g/mol. The second-order valence-electron chi connectivity index (χ2n) is 6.00. The molecule has 1 aliphatic carbocycles. The fraction of sp³-hybridized carbons (Fsp3) is 0.588. The number of carbonyl (C=O) groups excluding carboxylic acids is 1. The number of hydrogen-bond donors (Lipinski definition) is 2. The molecule has 1 aromatic carbocycles. The van der Waals surface area contributed by atoms with Gasteiger partial charge in [-0.1, -0.05) is 0 Å². The molecule has 126 valence electrons. The number of amides is 1. The zero-order valence-electron chi connectivity index (χ0n) is 13.3. The molecule has 3 rings (SSSR count). The van der Waals surface area contributed by atoms with Crippen LogP contribution in [0, 0.1) is 5.92 Å². The van der Waals surface area contributed by atoms with Crippen LogP contribution in [0.2, 0.25) is 0 Å². The van der Waals surface area contributed by atoms with Gasteiger partial charge >= 0.3 is 0 Å². The van der Waals surface area contributed by atoms with E-state index in [4.69, 9.17) is 15.2 Å². The third-order valence-corrected chi connectivity index (χ3v) is 5.10. The summed E-state index contributed by atoms with van der Waals surface area (Å²) >= 11 is 1.66. The van der Waals surface area contributed by atoms with Crippen LogP contribution in [0.15, 0.2) is 23.1 Å². The summed E-state index contributed by atoms with van der Waals surface area (Å²) in [4.78, 5) is 13.1. The molecule has 23 heavy (non-hydrogen) atoms. The molecule has 6 heteroatoms. The van der Waals surface area contributed by atoms with Gasteiger partial charge in [0.25, 0.3) is 0 Å². The minimum atomic E-state index is 0.0918. The van der Waals surface area contributed by atoms with E-state index in [2.05, 4.69) is 5.32 Å². The van der Waals surface area contributed by atoms with E-state index in [-0.39, 0.29) is 11.9 Å². The number of ether oxygens (including phenoxy) is 2. The molecule has 3 N–H and O–H groups in total. The number of nitrogens with two attached hydrogens (primary N) is 1. The largest absolute Gasteiger partial charge is 0.490 e. The molecule has 0 aromatic heterocycles. The fourth-order valence-electron chi connectivity index (χ4n) is 2.64. The molecule has 1 fully saturated rings. The summed E-state index contributed by atoms with van der Waals surface area (Å²) in [5, 5.41) is 3.05. The summed E-state index contributed by atoms with van der Waals surface area (Å²) in [6.07, 6.45) is 3.78. The third kappa shape index (κ3) is 4.78. The molecule has 0 spiro atoms. The van der Waals surface area contributed by atoms with Crippen molar-refractivity contribution in [2.45, 2.75) is 36.6 Å². The van der Waals surface area contributed by atoms with E-state index in [1.165, 1.54) is 12.8 Å². The molecular formula is C17H24N2O3S. The minimum absolute atomic E-state index is 0.0918. The Morgan fingerprint density at radius 1 is 1.30 bits per heavy atom. The van der Waals surface area contributed by atoms with Gasteiger partial charge in [-0.3, -0.25) is 4.79 Å². The lowest BCUT2D eigenvalue weighted by atomic mass is 10.2. The Labute approximate surface area is 141 Å². The molecule has 0 radical (unpaired) electrons. The van der Waals surface area contributed by atoms with Gasteiger partial charge in [-0.05, 0) is 37.0 Å². The Bertz CT molecular complexity index is 549. The summed E-state index contributed by atoms with van der Waals surface area (Å²) in [5.74, 6) is 3.04. The Balaban J connectivity index is 1.45. The lowest BCUT2D eigenvalue weighted by Crippen LogP contribution is -2.41. The molecule has 0 bridgehead atoms. The lowest BCUT2D eigenvalue weighted by Gasteiger charge is -2.15. The lowest BCUT2D eigenvalue weighted by molar-refractivity contribution is -0.121. The molecule has 5 nitrogen and oxygen atoms in total. The van der Waals surface area contributed by atoms with Crippen LogP contribution in [0.4, 0.5) is 0 Å². The zero-order valence-corrected chi connectivity index (χ0v) is 14.1. The van der Waals surface area contributed by atoms with Gasteiger partial charge in [0.05, 0.1) is 13.2 Å². The molecule has 2 aliphatic rings. The maximum Gasteiger partial charge on any atom is 0.221 e. The van der Waals surface area contributed by atoms with E-state index in [1.54, 1.807) is 11.8 Å². The van der Waals surface area contributed by atoms with Crippen LogP contribution in [0.25, 0.3) is 0 Å². The van der Waals surface area contributed by atoms with E-state index in [0.29, 0.717) is 32.1 Å². The third-order valence-electron chi connectivity index (χ3n) is 4.11. The van der Waals surface area contributed by atoms with E-state index in [9.17, 15) is 4.79 Å². The average molecular weight is 336 g/mol. The van der Waals surface area contributed by atoms with Crippen LogP contribution >= 0.6 is 11.8 Å². The van der Waals surface area contributed by atoms with Crippen molar-refractivity contribution in [3.63, 3.8) is 0 Å². The molecule has 1 saturated carbocycles. The van der Waals surface area contributed by atoms with Crippen molar-refractivity contribution in [1.82, 2.24) is 5.32 Å². The van der Waals surface area contributed by atoms with Crippen LogP contribution in [0.5, 0.6) is 11.5 Å². The van der Waals surface area contributed by atoms with Gasteiger partial charge in [-0.2, -0.15) is 0 Å². The fourth-order valence-corrected chi connectivity index (χ4v) is 3.52. The van der Waals surface area contributed by atoms with E-state index in [0.717, 1.165) is 28.6 Å². The topological polar surface area (TPSA) is 73.6 Å². The van der Waals surface area contributed by atoms with Crippen LogP contribution in [0.3, 0.4) is 0 Å². The smallest absolute Gasteiger partial charge is 0.221 e. The summed E-state index contributed by atoms with van der Waals surface area (Å²) in [7, 11) is 0. The molecule has 1 aliphatic heterocycles. The standard InChI is InChI=1S/C17H24N2O3S/c18-11-14(12-2-3-12)19-17(20)6-9-23-13-4-5-15-16(10-13)22-8-1-7-21-15/h4-5,10,12,14H,1-3,6-9,11,18H2,(H,19,20). The summed E-state index contributed by atoms with van der Waals surface area (Å²) < 4.78 is 11.3. The first kappa shape index (κ1) is 16.5. The Morgan fingerprint density at radius 2 is 2.09 bits per heavy atom. The van der Waals surface area contributed by atoms with Crippen LogP contribution in [-0.4, -0.2) is 37.5 Å². The summed E-state index contributed by atoms with van der Waals surface area (Å²) in [5.41, 5.74) is 5.71. The highest BCUT2D eigenvalue weighted by molar-refractivity contribution is 7.99. The van der Waals surface area contributed by atoms with Gasteiger partial charge in [-0.25, -0.2) is 0 Å². The van der Waals surface area contributed by atoms with Crippen molar-refractivity contribution in [2.75, 3.05) is 25.5 Å². The summed E-state index contributed by atoms with van der Waals surface area (Å²) in [6.45, 7) is 1.92. The Hall–Kier alpha value is -1.40. The predicted octanol–water partition coefficient (Wildman–Crippen LogP) is 2.18. The normalized spacial score (nSPS) is 18.1. The number of carbonyl (C=O) groups is 1. The van der Waals surface area contributed by atoms with Gasteiger partial charge in [-0.15, -0.1) is 11.8 Å². The zero-order chi connectivity index (χ0) is 16.1. The van der Waals surface area contributed by atoms with Crippen molar-refractivity contribution in [3.8, 4) is 11.5 Å². The monoisotopic (exact) mass is 336 g/mol. The first-order valence-corrected chi connectivity index (χ1v) is 9.26. The van der Waals surface area contributed by atoms with Crippen LogP contribution < -0.4 is 20.5 Å². The highest BCUT2D eigenvalue weighted by atomic mass is 32.2. The Morgan fingerprint density at radius 3 is 2.83 bits per heavy atom. The molecule has 0 saturated heterocycles. The highest BCUT2D eigenvalue weighted by Gasteiger charge is 2.30. The first-order chi connectivity index (χ1) is 11.3.